The first kappa shape index (κ1) is 17.5. The van der Waals surface area contributed by atoms with E-state index in [-0.39, 0.29) is 6.61 Å². The van der Waals surface area contributed by atoms with E-state index in [2.05, 4.69) is 10.3 Å². The van der Waals surface area contributed by atoms with Gasteiger partial charge in [-0.1, -0.05) is 0 Å². The quantitative estimate of drug-likeness (QED) is 0.510. The molecule has 2 rings (SSSR count). The third-order valence-corrected chi connectivity index (χ3v) is 3.75. The number of benzene rings is 1. The van der Waals surface area contributed by atoms with Crippen molar-refractivity contribution >= 4 is 29.3 Å². The number of anilines is 1. The Morgan fingerprint density at radius 3 is 2.46 bits per heavy atom. The van der Waals surface area contributed by atoms with Gasteiger partial charge in [-0.2, -0.15) is 5.26 Å². The predicted octanol–water partition coefficient (Wildman–Crippen LogP) is 3.07. The molecule has 0 radical (unpaired) electrons. The molecule has 1 aromatic heterocycles. The zero-order valence-electron chi connectivity index (χ0n) is 13.2. The molecule has 1 N–H and O–H groups in total. The summed E-state index contributed by atoms with van der Waals surface area (Å²) in [4.78, 5) is 28.4. The van der Waals surface area contributed by atoms with Crippen molar-refractivity contribution in [3.63, 3.8) is 0 Å². The molecule has 1 aromatic carbocycles. The fourth-order valence-corrected chi connectivity index (χ4v) is 2.69. The van der Waals surface area contributed by atoms with Gasteiger partial charge in [0.2, 0.25) is 0 Å². The molecule has 7 heteroatoms. The average molecular weight is 341 g/mol. The minimum Gasteiger partial charge on any atom is -0.452 e. The number of nitrogens with zero attached hydrogens (tertiary/aromatic N) is 2. The van der Waals surface area contributed by atoms with Crippen molar-refractivity contribution in [2.45, 2.75) is 18.7 Å². The number of aromatic nitrogens is 1. The smallest absolute Gasteiger partial charge is 0.338 e. The third-order valence-electron chi connectivity index (χ3n) is 3.18. The maximum Gasteiger partial charge on any atom is 0.338 e. The standard InChI is InChI=1S/C17H15N3O3S/c1-11-7-14(24-10-18)8-12(2)16(11)20-15(21)9-23-17(22)13-3-5-19-6-4-13/h3-8H,9H2,1-2H3,(H,20,21). The van der Waals surface area contributed by atoms with E-state index in [1.54, 1.807) is 0 Å². The zero-order chi connectivity index (χ0) is 17.5. The molecular formula is C17H15N3O3S. The summed E-state index contributed by atoms with van der Waals surface area (Å²) in [5, 5.41) is 13.5. The molecule has 122 valence electrons. The maximum absolute atomic E-state index is 12.0. The van der Waals surface area contributed by atoms with Crippen LogP contribution in [0.4, 0.5) is 5.69 Å². The number of aryl methyl sites for hydroxylation is 2. The van der Waals surface area contributed by atoms with Gasteiger partial charge in [0.15, 0.2) is 6.61 Å². The normalized spacial score (nSPS) is 9.88. The van der Waals surface area contributed by atoms with E-state index in [1.807, 2.05) is 31.4 Å². The van der Waals surface area contributed by atoms with Crippen molar-refractivity contribution in [2.24, 2.45) is 0 Å². The number of nitrogens with one attached hydrogen (secondary N) is 1. The molecule has 0 bridgehead atoms. The summed E-state index contributed by atoms with van der Waals surface area (Å²) in [5.41, 5.74) is 2.66. The van der Waals surface area contributed by atoms with Crippen LogP contribution in [0.25, 0.3) is 0 Å². The van der Waals surface area contributed by atoms with Crippen LogP contribution in [-0.2, 0) is 9.53 Å². The second-order valence-corrected chi connectivity index (χ2v) is 5.84. The molecule has 2 aromatic rings. The Hall–Kier alpha value is -2.85. The average Bonchev–Trinajstić information content (AvgIpc) is 2.57. The van der Waals surface area contributed by atoms with Gasteiger partial charge in [-0.15, -0.1) is 0 Å². The summed E-state index contributed by atoms with van der Waals surface area (Å²) in [7, 11) is 0. The third kappa shape index (κ3) is 4.57. The topological polar surface area (TPSA) is 92.1 Å². The minimum atomic E-state index is -0.582. The first-order valence-electron chi connectivity index (χ1n) is 7.05. The largest absolute Gasteiger partial charge is 0.452 e. The number of thiocyanates is 1. The fourth-order valence-electron chi connectivity index (χ4n) is 2.11. The number of carbonyl (C=O) groups excluding carboxylic acids is 2. The van der Waals surface area contributed by atoms with Gasteiger partial charge >= 0.3 is 5.97 Å². The molecule has 24 heavy (non-hydrogen) atoms. The lowest BCUT2D eigenvalue weighted by molar-refractivity contribution is -0.119. The highest BCUT2D eigenvalue weighted by Gasteiger charge is 2.13. The van der Waals surface area contributed by atoms with Gasteiger partial charge in [0.05, 0.1) is 5.56 Å². The van der Waals surface area contributed by atoms with Crippen molar-refractivity contribution in [1.29, 1.82) is 5.26 Å². The number of esters is 1. The Balaban J connectivity index is 1.98. The second kappa shape index (κ2) is 8.13. The SMILES string of the molecule is Cc1cc(SC#N)cc(C)c1NC(=O)COC(=O)c1ccncc1. The molecule has 0 aliphatic carbocycles. The number of nitriles is 1. The summed E-state index contributed by atoms with van der Waals surface area (Å²) >= 11 is 1.06. The van der Waals surface area contributed by atoms with Gasteiger partial charge in [0.25, 0.3) is 5.91 Å². The maximum atomic E-state index is 12.0. The molecule has 0 aliphatic heterocycles. The van der Waals surface area contributed by atoms with Crippen molar-refractivity contribution < 1.29 is 14.3 Å². The molecule has 0 unspecified atom stereocenters. The fraction of sp³-hybridized carbons (Fsp3) is 0.176. The molecular weight excluding hydrogens is 326 g/mol. The molecule has 1 amide bonds. The van der Waals surface area contributed by atoms with Crippen LogP contribution in [0.3, 0.4) is 0 Å². The number of hydrogen-bond donors (Lipinski definition) is 1. The van der Waals surface area contributed by atoms with Crippen molar-refractivity contribution in [3.05, 3.63) is 53.3 Å². The molecule has 0 saturated carbocycles. The lowest BCUT2D eigenvalue weighted by Crippen LogP contribution is -2.21. The lowest BCUT2D eigenvalue weighted by Gasteiger charge is -2.13. The van der Waals surface area contributed by atoms with Gasteiger partial charge in [0, 0.05) is 23.0 Å². The van der Waals surface area contributed by atoms with E-state index in [4.69, 9.17) is 10.00 Å². The highest BCUT2D eigenvalue weighted by Crippen LogP contribution is 2.27. The highest BCUT2D eigenvalue weighted by molar-refractivity contribution is 8.03. The summed E-state index contributed by atoms with van der Waals surface area (Å²) in [6.07, 6.45) is 2.95. The number of ether oxygens (including phenoxy) is 1. The molecule has 0 spiro atoms. The van der Waals surface area contributed by atoms with Crippen LogP contribution >= 0.6 is 11.8 Å². The van der Waals surface area contributed by atoms with E-state index in [9.17, 15) is 9.59 Å². The van der Waals surface area contributed by atoms with E-state index in [1.165, 1.54) is 24.5 Å². The number of rotatable bonds is 5. The monoisotopic (exact) mass is 341 g/mol. The van der Waals surface area contributed by atoms with Gasteiger partial charge in [-0.3, -0.25) is 9.78 Å². The van der Waals surface area contributed by atoms with Crippen molar-refractivity contribution in [2.75, 3.05) is 11.9 Å². The number of pyridine rings is 1. The Bertz CT molecular complexity index is 777. The van der Waals surface area contributed by atoms with Crippen LogP contribution in [-0.4, -0.2) is 23.5 Å². The van der Waals surface area contributed by atoms with Crippen LogP contribution in [0.2, 0.25) is 0 Å². The lowest BCUT2D eigenvalue weighted by atomic mass is 10.1. The van der Waals surface area contributed by atoms with Crippen LogP contribution in [0, 0.1) is 24.5 Å². The number of carbonyl (C=O) groups is 2. The number of thioether (sulfide) groups is 1. The van der Waals surface area contributed by atoms with Crippen molar-refractivity contribution in [3.8, 4) is 5.40 Å². The van der Waals surface area contributed by atoms with Crippen LogP contribution < -0.4 is 5.32 Å². The molecule has 0 atom stereocenters. The molecule has 0 saturated heterocycles. The van der Waals surface area contributed by atoms with Gasteiger partial charge in [-0.25, -0.2) is 4.79 Å². The Morgan fingerprint density at radius 2 is 1.88 bits per heavy atom. The number of hydrogen-bond acceptors (Lipinski definition) is 6. The molecule has 1 heterocycles. The first-order chi connectivity index (χ1) is 11.5. The summed E-state index contributed by atoms with van der Waals surface area (Å²) in [5.74, 6) is -1.01. The van der Waals surface area contributed by atoms with Crippen molar-refractivity contribution in [1.82, 2.24) is 4.98 Å². The van der Waals surface area contributed by atoms with E-state index < -0.39 is 11.9 Å². The molecule has 0 fully saturated rings. The highest BCUT2D eigenvalue weighted by atomic mass is 32.2. The molecule has 0 aliphatic rings. The minimum absolute atomic E-state index is 0.336. The summed E-state index contributed by atoms with van der Waals surface area (Å²) < 4.78 is 4.98. The van der Waals surface area contributed by atoms with Gasteiger partial charge < -0.3 is 10.1 Å². The van der Waals surface area contributed by atoms with Crippen LogP contribution in [0.5, 0.6) is 0 Å². The summed E-state index contributed by atoms with van der Waals surface area (Å²) in [6.45, 7) is 3.30. The van der Waals surface area contributed by atoms with E-state index >= 15 is 0 Å². The molecule has 6 nitrogen and oxygen atoms in total. The van der Waals surface area contributed by atoms with E-state index in [0.29, 0.717) is 11.3 Å². The Labute approximate surface area is 143 Å². The van der Waals surface area contributed by atoms with Gasteiger partial charge in [-0.05, 0) is 61.0 Å². The van der Waals surface area contributed by atoms with Crippen LogP contribution in [0.1, 0.15) is 21.5 Å². The first-order valence-corrected chi connectivity index (χ1v) is 7.87. The predicted molar refractivity (Wildman–Crippen MR) is 90.5 cm³/mol. The Kier molecular flexibility index (Phi) is 5.93. The van der Waals surface area contributed by atoms with Gasteiger partial charge in [0.1, 0.15) is 5.40 Å². The van der Waals surface area contributed by atoms with Crippen LogP contribution in [0.15, 0.2) is 41.6 Å². The zero-order valence-corrected chi connectivity index (χ0v) is 14.0. The summed E-state index contributed by atoms with van der Waals surface area (Å²) in [6, 6.07) is 6.67. The Morgan fingerprint density at radius 1 is 1.25 bits per heavy atom. The second-order valence-electron chi connectivity index (χ2n) is 4.99. The van der Waals surface area contributed by atoms with E-state index in [0.717, 1.165) is 27.8 Å². The number of amides is 1.